The van der Waals surface area contributed by atoms with E-state index in [4.69, 9.17) is 9.84 Å². The molecule has 0 saturated heterocycles. The van der Waals surface area contributed by atoms with E-state index in [9.17, 15) is 9.59 Å². The molecule has 23 heavy (non-hydrogen) atoms. The van der Waals surface area contributed by atoms with Crippen LogP contribution in [0.15, 0.2) is 42.5 Å². The Morgan fingerprint density at radius 3 is 2.52 bits per heavy atom. The molecule has 118 valence electrons. The lowest BCUT2D eigenvalue weighted by Crippen LogP contribution is -2.23. The molecule has 0 unspecified atom stereocenters. The van der Waals surface area contributed by atoms with Crippen molar-refractivity contribution in [2.45, 2.75) is 19.5 Å². The van der Waals surface area contributed by atoms with E-state index in [0.29, 0.717) is 24.2 Å². The second-order valence-corrected chi connectivity index (χ2v) is 5.57. The Balaban J connectivity index is 1.76. The molecule has 1 N–H and O–H groups in total. The Hall–Kier alpha value is -2.82. The molecule has 1 aliphatic rings. The molecule has 2 aromatic carbocycles. The molecule has 1 amide bonds. The predicted molar refractivity (Wildman–Crippen MR) is 84.4 cm³/mol. The molecule has 5 nitrogen and oxygen atoms in total. The lowest BCUT2D eigenvalue weighted by Gasteiger charge is -2.15. The van der Waals surface area contributed by atoms with E-state index in [2.05, 4.69) is 0 Å². The van der Waals surface area contributed by atoms with Crippen LogP contribution in [0.25, 0.3) is 0 Å². The zero-order chi connectivity index (χ0) is 16.4. The van der Waals surface area contributed by atoms with Gasteiger partial charge in [0.15, 0.2) is 0 Å². The van der Waals surface area contributed by atoms with Gasteiger partial charge in [0.05, 0.1) is 13.5 Å². The summed E-state index contributed by atoms with van der Waals surface area (Å²) in [6.07, 6.45) is -0.0704. The van der Waals surface area contributed by atoms with Gasteiger partial charge < -0.3 is 14.7 Å². The molecule has 0 fully saturated rings. The fourth-order valence-electron chi connectivity index (χ4n) is 2.77. The quantitative estimate of drug-likeness (QED) is 0.921. The van der Waals surface area contributed by atoms with Gasteiger partial charge in [-0.1, -0.05) is 24.3 Å². The van der Waals surface area contributed by atoms with Gasteiger partial charge in [-0.05, 0) is 34.9 Å². The van der Waals surface area contributed by atoms with Crippen LogP contribution in [0.2, 0.25) is 0 Å². The summed E-state index contributed by atoms with van der Waals surface area (Å²) in [7, 11) is 1.62. The molecule has 0 bridgehead atoms. The molecule has 5 heteroatoms. The van der Waals surface area contributed by atoms with Gasteiger partial charge in [-0.15, -0.1) is 0 Å². The highest BCUT2D eigenvalue weighted by Crippen LogP contribution is 2.26. The number of aliphatic carboxylic acids is 1. The second-order valence-electron chi connectivity index (χ2n) is 5.57. The molecule has 0 aliphatic carbocycles. The predicted octanol–water partition coefficient (Wildman–Crippen LogP) is 2.48. The highest BCUT2D eigenvalue weighted by Gasteiger charge is 2.27. The molecule has 2 aromatic rings. The van der Waals surface area contributed by atoms with Crippen LogP contribution in [0.3, 0.4) is 0 Å². The third-order valence-electron chi connectivity index (χ3n) is 3.94. The molecule has 0 saturated carbocycles. The van der Waals surface area contributed by atoms with Gasteiger partial charge >= 0.3 is 5.97 Å². The fourth-order valence-corrected chi connectivity index (χ4v) is 2.77. The topological polar surface area (TPSA) is 66.8 Å². The number of carboxylic acids is 1. The Bertz CT molecular complexity index is 752. The van der Waals surface area contributed by atoms with Crippen LogP contribution in [0, 0.1) is 0 Å². The minimum absolute atomic E-state index is 0.0527. The van der Waals surface area contributed by atoms with Gasteiger partial charge in [0.2, 0.25) is 0 Å². The first-order valence-corrected chi connectivity index (χ1v) is 7.32. The molecule has 1 heterocycles. The molecular formula is C18H17NO4. The van der Waals surface area contributed by atoms with Crippen molar-refractivity contribution < 1.29 is 19.4 Å². The minimum atomic E-state index is -0.898. The Morgan fingerprint density at radius 2 is 1.87 bits per heavy atom. The van der Waals surface area contributed by atoms with Crippen molar-refractivity contribution in [1.82, 2.24) is 4.90 Å². The van der Waals surface area contributed by atoms with E-state index >= 15 is 0 Å². The number of carbonyl (C=O) groups excluding carboxylic acids is 1. The smallest absolute Gasteiger partial charge is 0.307 e. The summed E-state index contributed by atoms with van der Waals surface area (Å²) < 4.78 is 5.13. The van der Waals surface area contributed by atoms with Gasteiger partial charge in [0.25, 0.3) is 5.91 Å². The van der Waals surface area contributed by atoms with Crippen molar-refractivity contribution in [2.75, 3.05) is 7.11 Å². The average molecular weight is 311 g/mol. The van der Waals surface area contributed by atoms with Crippen LogP contribution in [0.5, 0.6) is 5.75 Å². The molecular weight excluding hydrogens is 294 g/mol. The van der Waals surface area contributed by atoms with Gasteiger partial charge in [0, 0.05) is 18.7 Å². The zero-order valence-corrected chi connectivity index (χ0v) is 12.8. The minimum Gasteiger partial charge on any atom is -0.497 e. The maximum Gasteiger partial charge on any atom is 0.307 e. The molecule has 0 radical (unpaired) electrons. The largest absolute Gasteiger partial charge is 0.497 e. The van der Waals surface area contributed by atoms with E-state index in [0.717, 1.165) is 16.9 Å². The second kappa shape index (κ2) is 6.12. The summed E-state index contributed by atoms with van der Waals surface area (Å²) >= 11 is 0. The van der Waals surface area contributed by atoms with Crippen LogP contribution < -0.4 is 4.74 Å². The summed E-state index contributed by atoms with van der Waals surface area (Å²) in [5.74, 6) is -0.170. The number of methoxy groups -OCH3 is 1. The number of carboxylic acid groups (broad SMARTS) is 1. The molecule has 0 spiro atoms. The fraction of sp³-hybridized carbons (Fsp3) is 0.222. The van der Waals surface area contributed by atoms with E-state index in [1.807, 2.05) is 30.3 Å². The number of nitrogens with zero attached hydrogens (tertiary/aromatic N) is 1. The zero-order valence-electron chi connectivity index (χ0n) is 12.8. The molecule has 0 atom stereocenters. The van der Waals surface area contributed by atoms with Gasteiger partial charge in [-0.3, -0.25) is 9.59 Å². The summed E-state index contributed by atoms with van der Waals surface area (Å²) in [4.78, 5) is 25.1. The van der Waals surface area contributed by atoms with Crippen LogP contribution in [-0.2, 0) is 24.3 Å². The third kappa shape index (κ3) is 3.18. The van der Waals surface area contributed by atoms with Crippen molar-refractivity contribution in [2.24, 2.45) is 0 Å². The first kappa shape index (κ1) is 15.1. The Kier molecular flexibility index (Phi) is 4.02. The monoisotopic (exact) mass is 311 g/mol. The number of amides is 1. The van der Waals surface area contributed by atoms with Gasteiger partial charge in [-0.25, -0.2) is 0 Å². The first-order valence-electron chi connectivity index (χ1n) is 7.32. The summed E-state index contributed by atoms with van der Waals surface area (Å²) in [5.41, 5.74) is 3.23. The highest BCUT2D eigenvalue weighted by atomic mass is 16.5. The number of fused-ring (bicyclic) bond motifs is 1. The number of hydrogen-bond donors (Lipinski definition) is 1. The Morgan fingerprint density at radius 1 is 1.17 bits per heavy atom. The van der Waals surface area contributed by atoms with Crippen LogP contribution in [0.1, 0.15) is 27.0 Å². The maximum atomic E-state index is 12.5. The van der Waals surface area contributed by atoms with Crippen molar-refractivity contribution in [3.05, 3.63) is 64.7 Å². The van der Waals surface area contributed by atoms with Gasteiger partial charge in [0.1, 0.15) is 5.75 Å². The van der Waals surface area contributed by atoms with E-state index in [-0.39, 0.29) is 12.3 Å². The molecule has 3 rings (SSSR count). The highest BCUT2D eigenvalue weighted by molar-refractivity contribution is 5.98. The van der Waals surface area contributed by atoms with Crippen LogP contribution >= 0.6 is 0 Å². The number of hydrogen-bond acceptors (Lipinski definition) is 3. The maximum absolute atomic E-state index is 12.5. The summed E-state index contributed by atoms with van der Waals surface area (Å²) in [6.45, 7) is 1.07. The van der Waals surface area contributed by atoms with Crippen LogP contribution in [-0.4, -0.2) is 29.0 Å². The SMILES string of the molecule is COc1ccc(CN2Cc3ccc(CC(=O)O)cc3C2=O)cc1. The van der Waals surface area contributed by atoms with Crippen molar-refractivity contribution >= 4 is 11.9 Å². The number of rotatable bonds is 5. The lowest BCUT2D eigenvalue weighted by atomic mass is 10.0. The summed E-state index contributed by atoms with van der Waals surface area (Å²) in [6, 6.07) is 12.9. The average Bonchev–Trinajstić information content (AvgIpc) is 2.84. The molecule has 0 aromatic heterocycles. The number of benzene rings is 2. The number of carbonyl (C=O) groups is 2. The van der Waals surface area contributed by atoms with E-state index in [1.54, 1.807) is 24.1 Å². The van der Waals surface area contributed by atoms with Gasteiger partial charge in [-0.2, -0.15) is 0 Å². The van der Waals surface area contributed by atoms with Crippen molar-refractivity contribution in [3.8, 4) is 5.75 Å². The lowest BCUT2D eigenvalue weighted by molar-refractivity contribution is -0.136. The van der Waals surface area contributed by atoms with Crippen LogP contribution in [0.4, 0.5) is 0 Å². The Labute approximate surface area is 134 Å². The van der Waals surface area contributed by atoms with E-state index < -0.39 is 5.97 Å². The standard InChI is InChI=1S/C18H17NO4/c1-23-15-6-3-12(4-7-15)10-19-11-14-5-2-13(9-17(20)21)8-16(14)18(19)22/h2-8H,9-11H2,1H3,(H,20,21). The third-order valence-corrected chi connectivity index (χ3v) is 3.94. The first-order chi connectivity index (χ1) is 11.1. The summed E-state index contributed by atoms with van der Waals surface area (Å²) in [5, 5.41) is 8.87. The van der Waals surface area contributed by atoms with Crippen molar-refractivity contribution in [1.29, 1.82) is 0 Å². The molecule has 1 aliphatic heterocycles. The van der Waals surface area contributed by atoms with Crippen molar-refractivity contribution in [3.63, 3.8) is 0 Å². The normalized spacial score (nSPS) is 13.1. The van der Waals surface area contributed by atoms with E-state index in [1.165, 1.54) is 0 Å². The number of ether oxygens (including phenoxy) is 1.